The topological polar surface area (TPSA) is 80.7 Å². The van der Waals surface area contributed by atoms with Crippen molar-refractivity contribution >= 4 is 27.7 Å². The molecule has 0 radical (unpaired) electrons. The number of carboxylic acid groups (broad SMARTS) is 1. The summed E-state index contributed by atoms with van der Waals surface area (Å²) in [6.45, 7) is 0. The molecule has 0 atom stereocenters. The van der Waals surface area contributed by atoms with E-state index in [1.807, 2.05) is 0 Å². The number of hydrogen-bond acceptors (Lipinski definition) is 4. The minimum atomic E-state index is -3.77. The van der Waals surface area contributed by atoms with Gasteiger partial charge >= 0.3 is 16.1 Å². The molecule has 0 heterocycles. The van der Waals surface area contributed by atoms with Crippen LogP contribution in [0.3, 0.4) is 0 Å². The van der Waals surface area contributed by atoms with Gasteiger partial charge in [0.2, 0.25) is 0 Å². The van der Waals surface area contributed by atoms with E-state index in [4.69, 9.17) is 16.7 Å². The van der Waals surface area contributed by atoms with Crippen LogP contribution >= 0.6 is 11.6 Å². The summed E-state index contributed by atoms with van der Waals surface area (Å²) in [5.74, 6) is -1.64. The molecule has 0 aliphatic heterocycles. The molecular weight excluding hydrogens is 244 g/mol. The first-order chi connectivity index (χ1) is 6.81. The lowest BCUT2D eigenvalue weighted by Gasteiger charge is -2.07. The molecule has 0 spiro atoms. The predicted molar refractivity (Wildman–Crippen MR) is 53.9 cm³/mol. The van der Waals surface area contributed by atoms with Gasteiger partial charge in [-0.3, -0.25) is 0 Å². The Balaban J connectivity index is 3.30. The van der Waals surface area contributed by atoms with Crippen molar-refractivity contribution in [2.45, 2.75) is 0 Å². The standard InChI is InChI=1S/C8H7ClO5S/c1-15(12,13)14-6-4-2-3-5(9)7(6)8(10)11/h2-4H,1H3,(H,10,11). The summed E-state index contributed by atoms with van der Waals surface area (Å²) in [6.07, 6.45) is 0.819. The number of benzene rings is 1. The van der Waals surface area contributed by atoms with Gasteiger partial charge in [-0.1, -0.05) is 17.7 Å². The van der Waals surface area contributed by atoms with Crippen LogP contribution in [0.15, 0.2) is 18.2 Å². The van der Waals surface area contributed by atoms with Crippen LogP contribution in [0.1, 0.15) is 10.4 Å². The molecule has 0 saturated heterocycles. The van der Waals surface area contributed by atoms with Crippen LogP contribution in [0.2, 0.25) is 5.02 Å². The maximum Gasteiger partial charge on any atom is 0.341 e. The molecule has 0 amide bonds. The molecule has 5 nitrogen and oxygen atoms in total. The van der Waals surface area contributed by atoms with Crippen molar-refractivity contribution in [3.63, 3.8) is 0 Å². The second kappa shape index (κ2) is 4.08. The summed E-state index contributed by atoms with van der Waals surface area (Å²) in [5, 5.41) is 8.70. The van der Waals surface area contributed by atoms with E-state index in [0.29, 0.717) is 0 Å². The minimum absolute atomic E-state index is 0.0800. The zero-order valence-electron chi connectivity index (χ0n) is 7.60. The van der Waals surface area contributed by atoms with Crippen LogP contribution in [0.4, 0.5) is 0 Å². The first-order valence-electron chi connectivity index (χ1n) is 3.72. The molecule has 0 aromatic heterocycles. The van der Waals surface area contributed by atoms with Crippen molar-refractivity contribution in [3.05, 3.63) is 28.8 Å². The molecule has 0 fully saturated rings. The highest BCUT2D eigenvalue weighted by Gasteiger charge is 2.18. The third-order valence-corrected chi connectivity index (χ3v) is 2.23. The molecule has 7 heteroatoms. The van der Waals surface area contributed by atoms with Crippen LogP contribution in [0.5, 0.6) is 5.75 Å². The summed E-state index contributed by atoms with van der Waals surface area (Å²) in [5.41, 5.74) is -0.371. The van der Waals surface area contributed by atoms with Crippen molar-refractivity contribution in [1.29, 1.82) is 0 Å². The predicted octanol–water partition coefficient (Wildman–Crippen LogP) is 1.38. The monoisotopic (exact) mass is 250 g/mol. The molecule has 0 aliphatic rings. The van der Waals surface area contributed by atoms with Gasteiger partial charge in [0.25, 0.3) is 0 Å². The van der Waals surface area contributed by atoms with Gasteiger partial charge in [0.15, 0.2) is 5.75 Å². The highest BCUT2D eigenvalue weighted by atomic mass is 35.5. The zero-order chi connectivity index (χ0) is 11.6. The largest absolute Gasteiger partial charge is 0.478 e. The van der Waals surface area contributed by atoms with Crippen LogP contribution in [-0.4, -0.2) is 25.7 Å². The van der Waals surface area contributed by atoms with Crippen molar-refractivity contribution in [3.8, 4) is 5.75 Å². The molecule has 1 rings (SSSR count). The highest BCUT2D eigenvalue weighted by molar-refractivity contribution is 7.86. The zero-order valence-corrected chi connectivity index (χ0v) is 9.17. The Hall–Kier alpha value is -1.27. The lowest BCUT2D eigenvalue weighted by atomic mass is 10.2. The van der Waals surface area contributed by atoms with Crippen LogP contribution in [0.25, 0.3) is 0 Å². The minimum Gasteiger partial charge on any atom is -0.478 e. The van der Waals surface area contributed by atoms with E-state index in [2.05, 4.69) is 4.18 Å². The summed E-state index contributed by atoms with van der Waals surface area (Å²) in [6, 6.07) is 3.95. The van der Waals surface area contributed by atoms with Crippen molar-refractivity contribution in [2.24, 2.45) is 0 Å². The average molecular weight is 251 g/mol. The van der Waals surface area contributed by atoms with Crippen molar-refractivity contribution in [1.82, 2.24) is 0 Å². The number of carbonyl (C=O) groups is 1. The van der Waals surface area contributed by atoms with Gasteiger partial charge in [-0.2, -0.15) is 8.42 Å². The number of halogens is 1. The van der Waals surface area contributed by atoms with E-state index >= 15 is 0 Å². The quantitative estimate of drug-likeness (QED) is 0.820. The summed E-state index contributed by atoms with van der Waals surface area (Å²) >= 11 is 5.60. The molecule has 0 bridgehead atoms. The second-order valence-electron chi connectivity index (χ2n) is 2.71. The number of aromatic carboxylic acids is 1. The number of carboxylic acids is 1. The second-order valence-corrected chi connectivity index (χ2v) is 4.69. The SMILES string of the molecule is CS(=O)(=O)Oc1cccc(Cl)c1C(=O)O. The Morgan fingerprint density at radius 3 is 2.53 bits per heavy atom. The van der Waals surface area contributed by atoms with E-state index in [-0.39, 0.29) is 16.3 Å². The molecular formula is C8H7ClO5S. The van der Waals surface area contributed by atoms with E-state index in [1.165, 1.54) is 18.2 Å². The Labute approximate surface area is 91.4 Å². The van der Waals surface area contributed by atoms with Crippen LogP contribution in [-0.2, 0) is 10.1 Å². The van der Waals surface area contributed by atoms with Gasteiger partial charge in [0, 0.05) is 0 Å². The lowest BCUT2D eigenvalue weighted by molar-refractivity contribution is 0.0695. The molecule has 1 aromatic carbocycles. The summed E-state index contributed by atoms with van der Waals surface area (Å²) < 4.78 is 26.1. The first kappa shape index (κ1) is 11.8. The van der Waals surface area contributed by atoms with E-state index in [9.17, 15) is 13.2 Å². The van der Waals surface area contributed by atoms with Gasteiger partial charge in [0.1, 0.15) is 5.56 Å². The summed E-state index contributed by atoms with van der Waals surface area (Å²) in [4.78, 5) is 10.8. The Kier molecular flexibility index (Phi) is 3.21. The van der Waals surface area contributed by atoms with Gasteiger partial charge in [-0.15, -0.1) is 0 Å². The molecule has 1 aromatic rings. The maximum absolute atomic E-state index is 10.8. The fourth-order valence-corrected chi connectivity index (χ4v) is 1.66. The van der Waals surface area contributed by atoms with Crippen LogP contribution < -0.4 is 4.18 Å². The Bertz CT molecular complexity index is 494. The third-order valence-electron chi connectivity index (χ3n) is 1.43. The molecule has 0 aliphatic carbocycles. The highest BCUT2D eigenvalue weighted by Crippen LogP contribution is 2.27. The Morgan fingerprint density at radius 2 is 2.07 bits per heavy atom. The van der Waals surface area contributed by atoms with Crippen molar-refractivity contribution < 1.29 is 22.5 Å². The van der Waals surface area contributed by atoms with E-state index < -0.39 is 16.1 Å². The number of hydrogen-bond donors (Lipinski definition) is 1. The van der Waals surface area contributed by atoms with Gasteiger partial charge in [-0.25, -0.2) is 4.79 Å². The summed E-state index contributed by atoms with van der Waals surface area (Å²) in [7, 11) is -3.77. The molecule has 15 heavy (non-hydrogen) atoms. The van der Waals surface area contributed by atoms with Gasteiger partial charge in [0.05, 0.1) is 11.3 Å². The average Bonchev–Trinajstić information content (AvgIpc) is 1.99. The van der Waals surface area contributed by atoms with Crippen LogP contribution in [0, 0.1) is 0 Å². The molecule has 1 N–H and O–H groups in total. The molecule has 82 valence electrons. The van der Waals surface area contributed by atoms with Gasteiger partial charge in [-0.05, 0) is 12.1 Å². The maximum atomic E-state index is 10.8. The van der Waals surface area contributed by atoms with Crippen molar-refractivity contribution in [2.75, 3.05) is 6.26 Å². The van der Waals surface area contributed by atoms with E-state index in [1.54, 1.807) is 0 Å². The molecule has 0 unspecified atom stereocenters. The third kappa shape index (κ3) is 3.10. The first-order valence-corrected chi connectivity index (χ1v) is 5.92. The Morgan fingerprint density at radius 1 is 1.47 bits per heavy atom. The normalized spacial score (nSPS) is 11.1. The number of rotatable bonds is 3. The lowest BCUT2D eigenvalue weighted by Crippen LogP contribution is -2.10. The van der Waals surface area contributed by atoms with Gasteiger partial charge < -0.3 is 9.29 Å². The fraction of sp³-hybridized carbons (Fsp3) is 0.125. The molecule has 0 saturated carbocycles. The van der Waals surface area contributed by atoms with E-state index in [0.717, 1.165) is 6.26 Å². The smallest absolute Gasteiger partial charge is 0.341 e. The fourth-order valence-electron chi connectivity index (χ4n) is 0.944.